The maximum Gasteiger partial charge on any atom is 0.253 e. The Morgan fingerprint density at radius 3 is 2.21 bits per heavy atom. The Balaban J connectivity index is 0.00000225. The number of thiazole rings is 1. The Morgan fingerprint density at radius 2 is 1.61 bits per heavy atom. The van der Waals surface area contributed by atoms with Gasteiger partial charge in [-0.15, -0.1) is 23.7 Å². The molecule has 1 aliphatic heterocycles. The second-order valence-electron chi connectivity index (χ2n) is 6.87. The zero-order chi connectivity index (χ0) is 18.6. The van der Waals surface area contributed by atoms with E-state index in [1.807, 2.05) is 54.3 Å². The summed E-state index contributed by atoms with van der Waals surface area (Å²) in [5.41, 5.74) is 4.20. The fraction of sp³-hybridized carbons (Fsp3) is 0.273. The average molecular weight is 414 g/mol. The first-order chi connectivity index (χ1) is 13.2. The summed E-state index contributed by atoms with van der Waals surface area (Å²) in [7, 11) is 0. The molecular weight excluding hydrogens is 390 g/mol. The molecule has 6 heteroatoms. The molecule has 0 N–H and O–H groups in total. The van der Waals surface area contributed by atoms with Crippen molar-refractivity contribution in [2.75, 3.05) is 26.2 Å². The number of benzene rings is 2. The molecule has 2 aromatic carbocycles. The monoisotopic (exact) mass is 413 g/mol. The molecule has 2 heterocycles. The van der Waals surface area contributed by atoms with Gasteiger partial charge in [0.15, 0.2) is 0 Å². The van der Waals surface area contributed by atoms with Crippen molar-refractivity contribution < 1.29 is 4.79 Å². The van der Waals surface area contributed by atoms with E-state index in [0.717, 1.165) is 54.6 Å². The van der Waals surface area contributed by atoms with E-state index in [1.54, 1.807) is 11.3 Å². The molecule has 0 saturated carbocycles. The number of hydrogen-bond donors (Lipinski definition) is 0. The van der Waals surface area contributed by atoms with Gasteiger partial charge in [0, 0.05) is 43.7 Å². The summed E-state index contributed by atoms with van der Waals surface area (Å²) in [6.07, 6.45) is 0. The number of aryl methyl sites for hydroxylation is 1. The number of piperazine rings is 1. The van der Waals surface area contributed by atoms with E-state index in [0.29, 0.717) is 0 Å². The molecule has 4 rings (SSSR count). The first kappa shape index (κ1) is 20.5. The van der Waals surface area contributed by atoms with E-state index in [-0.39, 0.29) is 18.3 Å². The quantitative estimate of drug-likeness (QED) is 0.631. The van der Waals surface area contributed by atoms with Gasteiger partial charge in [0.05, 0.1) is 10.7 Å². The Morgan fingerprint density at radius 1 is 0.964 bits per heavy atom. The van der Waals surface area contributed by atoms with Gasteiger partial charge in [-0.2, -0.15) is 0 Å². The van der Waals surface area contributed by atoms with Crippen LogP contribution in [0, 0.1) is 6.92 Å². The van der Waals surface area contributed by atoms with E-state index < -0.39 is 0 Å². The second-order valence-corrected chi connectivity index (χ2v) is 7.93. The number of rotatable bonds is 4. The van der Waals surface area contributed by atoms with Crippen molar-refractivity contribution in [3.63, 3.8) is 0 Å². The number of halogens is 1. The Hall–Kier alpha value is -2.21. The lowest BCUT2D eigenvalue weighted by molar-refractivity contribution is 0.0627. The van der Waals surface area contributed by atoms with Gasteiger partial charge in [-0.05, 0) is 30.2 Å². The van der Waals surface area contributed by atoms with Gasteiger partial charge < -0.3 is 4.90 Å². The highest BCUT2D eigenvalue weighted by Gasteiger charge is 2.22. The molecule has 0 spiro atoms. The van der Waals surface area contributed by atoms with Gasteiger partial charge in [-0.3, -0.25) is 9.69 Å². The summed E-state index contributed by atoms with van der Waals surface area (Å²) in [5.74, 6) is 0.124. The predicted molar refractivity (Wildman–Crippen MR) is 117 cm³/mol. The summed E-state index contributed by atoms with van der Waals surface area (Å²) in [4.78, 5) is 21.7. The topological polar surface area (TPSA) is 36.4 Å². The summed E-state index contributed by atoms with van der Waals surface area (Å²) >= 11 is 1.69. The molecule has 0 bridgehead atoms. The van der Waals surface area contributed by atoms with Crippen LogP contribution in [0.3, 0.4) is 0 Å². The zero-order valence-corrected chi connectivity index (χ0v) is 17.5. The van der Waals surface area contributed by atoms with E-state index in [2.05, 4.69) is 27.4 Å². The van der Waals surface area contributed by atoms with Crippen LogP contribution in [-0.4, -0.2) is 46.9 Å². The molecule has 1 amide bonds. The third-order valence-electron chi connectivity index (χ3n) is 4.95. The number of nitrogens with zero attached hydrogens (tertiary/aromatic N) is 3. The van der Waals surface area contributed by atoms with Gasteiger partial charge in [0.2, 0.25) is 0 Å². The highest BCUT2D eigenvalue weighted by molar-refractivity contribution is 7.09. The fourth-order valence-corrected chi connectivity index (χ4v) is 4.04. The predicted octanol–water partition coefficient (Wildman–Crippen LogP) is 4.50. The van der Waals surface area contributed by atoms with Crippen LogP contribution in [0.4, 0.5) is 0 Å². The minimum atomic E-state index is 0. The summed E-state index contributed by atoms with van der Waals surface area (Å²) in [6, 6.07) is 18.2. The van der Waals surface area contributed by atoms with Crippen LogP contribution < -0.4 is 0 Å². The molecule has 0 unspecified atom stereocenters. The van der Waals surface area contributed by atoms with Crippen LogP contribution in [-0.2, 0) is 6.54 Å². The van der Waals surface area contributed by atoms with Gasteiger partial charge >= 0.3 is 0 Å². The molecule has 1 aliphatic rings. The lowest BCUT2D eigenvalue weighted by atomic mass is 10.0. The number of amides is 1. The lowest BCUT2D eigenvalue weighted by Gasteiger charge is -2.34. The van der Waals surface area contributed by atoms with Crippen molar-refractivity contribution in [3.05, 3.63) is 76.2 Å². The van der Waals surface area contributed by atoms with E-state index in [1.165, 1.54) is 5.56 Å². The van der Waals surface area contributed by atoms with Gasteiger partial charge in [0.1, 0.15) is 0 Å². The molecule has 0 aliphatic carbocycles. The van der Waals surface area contributed by atoms with Crippen molar-refractivity contribution in [2.45, 2.75) is 13.5 Å². The highest BCUT2D eigenvalue weighted by Crippen LogP contribution is 2.20. The van der Waals surface area contributed by atoms with Gasteiger partial charge in [0.25, 0.3) is 5.91 Å². The first-order valence-corrected chi connectivity index (χ1v) is 10.1. The minimum Gasteiger partial charge on any atom is -0.336 e. The third-order valence-corrected chi connectivity index (χ3v) is 5.77. The van der Waals surface area contributed by atoms with Crippen LogP contribution in [0.1, 0.15) is 21.1 Å². The van der Waals surface area contributed by atoms with Crippen molar-refractivity contribution in [2.24, 2.45) is 0 Å². The molecule has 0 radical (unpaired) electrons. The van der Waals surface area contributed by atoms with Gasteiger partial charge in [-0.1, -0.05) is 42.5 Å². The largest absolute Gasteiger partial charge is 0.336 e. The second kappa shape index (κ2) is 9.32. The van der Waals surface area contributed by atoms with E-state index in [4.69, 9.17) is 0 Å². The molecule has 0 atom stereocenters. The van der Waals surface area contributed by atoms with Crippen molar-refractivity contribution >= 4 is 29.7 Å². The molecule has 1 aromatic heterocycles. The normalized spacial score (nSPS) is 14.5. The van der Waals surface area contributed by atoms with Crippen LogP contribution in [0.5, 0.6) is 0 Å². The van der Waals surface area contributed by atoms with Gasteiger partial charge in [-0.25, -0.2) is 4.98 Å². The molecule has 4 nitrogen and oxygen atoms in total. The van der Waals surface area contributed by atoms with E-state index >= 15 is 0 Å². The van der Waals surface area contributed by atoms with Crippen molar-refractivity contribution in [1.29, 1.82) is 0 Å². The Kier molecular flexibility index (Phi) is 6.83. The first-order valence-electron chi connectivity index (χ1n) is 9.27. The average Bonchev–Trinajstić information content (AvgIpc) is 3.13. The fourth-order valence-electron chi connectivity index (χ4n) is 3.44. The maximum absolute atomic E-state index is 12.8. The standard InChI is InChI=1S/C22H23N3OS.ClH/c1-17-23-21(16-27-17)15-24-11-13-25(14-12-24)22(26)20-9-7-19(8-10-20)18-5-3-2-4-6-18;/h2-10,16H,11-15H2,1H3;1H. The Bertz CT molecular complexity index is 903. The summed E-state index contributed by atoms with van der Waals surface area (Å²) in [6.45, 7) is 6.23. The number of carbonyl (C=O) groups is 1. The van der Waals surface area contributed by atoms with Crippen LogP contribution in [0.2, 0.25) is 0 Å². The number of aromatic nitrogens is 1. The van der Waals surface area contributed by atoms with Crippen LogP contribution >= 0.6 is 23.7 Å². The number of hydrogen-bond acceptors (Lipinski definition) is 4. The van der Waals surface area contributed by atoms with Crippen LogP contribution in [0.15, 0.2) is 60.0 Å². The van der Waals surface area contributed by atoms with Crippen LogP contribution in [0.25, 0.3) is 11.1 Å². The third kappa shape index (κ3) is 4.79. The highest BCUT2D eigenvalue weighted by atomic mass is 35.5. The zero-order valence-electron chi connectivity index (χ0n) is 15.9. The smallest absolute Gasteiger partial charge is 0.253 e. The summed E-state index contributed by atoms with van der Waals surface area (Å²) < 4.78 is 0. The Labute approximate surface area is 176 Å². The molecule has 146 valence electrons. The molecule has 1 fully saturated rings. The maximum atomic E-state index is 12.8. The SMILES string of the molecule is Cc1nc(CN2CCN(C(=O)c3ccc(-c4ccccc4)cc3)CC2)cs1.Cl. The molecule has 28 heavy (non-hydrogen) atoms. The number of carbonyl (C=O) groups excluding carboxylic acids is 1. The minimum absolute atomic E-state index is 0. The van der Waals surface area contributed by atoms with E-state index in [9.17, 15) is 4.79 Å². The molecule has 1 saturated heterocycles. The van der Waals surface area contributed by atoms with Crippen molar-refractivity contribution in [3.8, 4) is 11.1 Å². The summed E-state index contributed by atoms with van der Waals surface area (Å²) in [5, 5.41) is 3.24. The molecule has 3 aromatic rings. The van der Waals surface area contributed by atoms with Crippen molar-refractivity contribution in [1.82, 2.24) is 14.8 Å². The lowest BCUT2D eigenvalue weighted by Crippen LogP contribution is -2.48. The molecular formula is C22H24ClN3OS.